The van der Waals surface area contributed by atoms with Crippen LogP contribution in [0.15, 0.2) is 60.7 Å². The normalized spacial score (nSPS) is 15.8. The van der Waals surface area contributed by atoms with Crippen molar-refractivity contribution >= 4 is 27.0 Å². The molecule has 2 aliphatic rings. The van der Waals surface area contributed by atoms with E-state index in [1.54, 1.807) is 34.5 Å². The Morgan fingerprint density at radius 1 is 0.650 bits per heavy atom. The molecule has 40 heavy (non-hydrogen) atoms. The molecule has 0 unspecified atom stereocenters. The Kier molecular flexibility index (Phi) is 16.1. The van der Waals surface area contributed by atoms with Gasteiger partial charge in [0.05, 0.1) is 0 Å². The number of rotatable bonds is 4. The molecule has 0 amide bonds. The summed E-state index contributed by atoms with van der Waals surface area (Å²) in [6.45, 7) is 9.01. The maximum absolute atomic E-state index is 2.35. The third-order valence-electron chi connectivity index (χ3n) is 8.44. The van der Waals surface area contributed by atoms with Crippen LogP contribution in [0.5, 0.6) is 0 Å². The molecule has 4 aromatic carbocycles. The van der Waals surface area contributed by atoms with Gasteiger partial charge < -0.3 is 24.8 Å². The van der Waals surface area contributed by atoms with Gasteiger partial charge >= 0.3 is 41.9 Å². The summed E-state index contributed by atoms with van der Waals surface area (Å²) < 4.78 is 0. The SMILES string of the molecule is C[Si](C)=[Zr+2].Cc1cc2c(CC3CCCCC3)cccc2[cH-]1.Cc1cc2c(CC3CCCCC3)cccc2[cH-]1.[Cl-].[Cl-]. The van der Waals surface area contributed by atoms with Gasteiger partial charge in [0.25, 0.3) is 0 Å². The molecule has 6 rings (SSSR count). The molecule has 4 aromatic rings. The van der Waals surface area contributed by atoms with E-state index in [1.807, 2.05) is 0 Å². The molecular weight excluding hydrogens is 623 g/mol. The fourth-order valence-electron chi connectivity index (χ4n) is 6.66. The van der Waals surface area contributed by atoms with E-state index in [1.165, 1.54) is 110 Å². The predicted octanol–water partition coefficient (Wildman–Crippen LogP) is 4.77. The molecule has 0 N–H and O–H groups in total. The first-order valence-electron chi connectivity index (χ1n) is 15.2. The average molecular weight is 671 g/mol. The van der Waals surface area contributed by atoms with Crippen molar-refractivity contribution in [2.45, 2.75) is 104 Å². The fraction of sp³-hybridized carbons (Fsp3) is 0.500. The molecule has 216 valence electrons. The molecule has 0 bridgehead atoms. The molecule has 0 radical (unpaired) electrons. The molecule has 2 saturated carbocycles. The van der Waals surface area contributed by atoms with Gasteiger partial charge in [-0.05, 0) is 24.7 Å². The third kappa shape index (κ3) is 10.9. The van der Waals surface area contributed by atoms with E-state index in [0.29, 0.717) is 0 Å². The van der Waals surface area contributed by atoms with E-state index in [-0.39, 0.29) is 30.2 Å². The van der Waals surface area contributed by atoms with Gasteiger partial charge in [-0.15, -0.1) is 69.1 Å². The Labute approximate surface area is 272 Å². The Balaban J connectivity index is 0.000000237. The van der Waals surface area contributed by atoms with Crippen LogP contribution in [0, 0.1) is 25.7 Å². The number of halogens is 2. The van der Waals surface area contributed by atoms with E-state index in [4.69, 9.17) is 0 Å². The summed E-state index contributed by atoms with van der Waals surface area (Å²) in [5.41, 5.74) is 6.15. The van der Waals surface area contributed by atoms with Crippen molar-refractivity contribution in [3.05, 3.63) is 82.9 Å². The number of benzene rings is 2. The van der Waals surface area contributed by atoms with Crippen LogP contribution in [0.2, 0.25) is 13.1 Å². The van der Waals surface area contributed by atoms with E-state index >= 15 is 0 Å². The molecule has 0 saturated heterocycles. The van der Waals surface area contributed by atoms with Crippen LogP contribution >= 0.6 is 0 Å². The second kappa shape index (κ2) is 18.1. The molecule has 2 fully saturated rings. The minimum atomic E-state index is 0. The van der Waals surface area contributed by atoms with Gasteiger partial charge in [-0.1, -0.05) is 101 Å². The zero-order valence-electron chi connectivity index (χ0n) is 25.2. The molecule has 0 aromatic heterocycles. The fourth-order valence-corrected chi connectivity index (χ4v) is 6.66. The zero-order chi connectivity index (χ0) is 26.9. The van der Waals surface area contributed by atoms with Crippen molar-refractivity contribution in [3.63, 3.8) is 0 Å². The van der Waals surface area contributed by atoms with E-state index in [2.05, 4.69) is 87.6 Å². The van der Waals surface area contributed by atoms with Crippen molar-refractivity contribution in [1.82, 2.24) is 0 Å². The molecule has 0 aliphatic heterocycles. The largest absolute Gasteiger partial charge is 1.00 e. The van der Waals surface area contributed by atoms with E-state index in [9.17, 15) is 0 Å². The van der Waals surface area contributed by atoms with E-state index in [0.717, 1.165) is 11.8 Å². The summed E-state index contributed by atoms with van der Waals surface area (Å²) >= 11 is 1.74. The standard InChI is InChI=1S/2C17H21.C2H6Si.2ClH.Zr/c2*1-13-10-15-8-5-9-16(17(15)11-13)12-14-6-3-2-4-7-14;1-3-2;;;/h2*5,8-11,14H,2-4,6-7,12H2,1H3;1-2H3;2*1H;/q2*-1;;;;+2/p-2. The van der Waals surface area contributed by atoms with Gasteiger partial charge in [-0.3, -0.25) is 0 Å². The van der Waals surface area contributed by atoms with Crippen LogP contribution in [0.3, 0.4) is 0 Å². The van der Waals surface area contributed by atoms with Gasteiger partial charge in [0.15, 0.2) is 0 Å². The third-order valence-corrected chi connectivity index (χ3v) is 8.44. The van der Waals surface area contributed by atoms with Crippen LogP contribution in [-0.4, -0.2) is 5.43 Å². The Morgan fingerprint density at radius 3 is 1.35 bits per heavy atom. The van der Waals surface area contributed by atoms with Gasteiger partial charge in [0.2, 0.25) is 0 Å². The van der Waals surface area contributed by atoms with Gasteiger partial charge in [-0.25, -0.2) is 0 Å². The number of hydrogen-bond acceptors (Lipinski definition) is 0. The first-order chi connectivity index (χ1) is 18.4. The zero-order valence-corrected chi connectivity index (χ0v) is 30.1. The first-order valence-corrected chi connectivity index (χ1v) is 21.4. The molecule has 0 nitrogen and oxygen atoms in total. The predicted molar refractivity (Wildman–Crippen MR) is 167 cm³/mol. The van der Waals surface area contributed by atoms with Crippen LogP contribution in [-0.2, 0) is 36.2 Å². The van der Waals surface area contributed by atoms with Crippen LogP contribution in [0.25, 0.3) is 21.5 Å². The summed E-state index contributed by atoms with van der Waals surface area (Å²) in [4.78, 5) is 0. The molecule has 2 aliphatic carbocycles. The second-order valence-corrected chi connectivity index (χ2v) is 21.7. The maximum atomic E-state index is 2.35. The Hall–Kier alpha value is -0.660. The van der Waals surface area contributed by atoms with Crippen LogP contribution < -0.4 is 24.8 Å². The minimum absolute atomic E-state index is 0. The van der Waals surface area contributed by atoms with Crippen molar-refractivity contribution in [2.24, 2.45) is 11.8 Å². The van der Waals surface area contributed by atoms with Crippen LogP contribution in [0.4, 0.5) is 0 Å². The molecule has 0 spiro atoms. The minimum Gasteiger partial charge on any atom is -1.00 e. The molecule has 0 atom stereocenters. The van der Waals surface area contributed by atoms with Gasteiger partial charge in [-0.2, -0.15) is 12.1 Å². The summed E-state index contributed by atoms with van der Waals surface area (Å²) in [5, 5.41) is 5.85. The molecule has 0 heterocycles. The average Bonchev–Trinajstić information content (AvgIpc) is 3.48. The van der Waals surface area contributed by atoms with Crippen molar-refractivity contribution in [1.29, 1.82) is 0 Å². The second-order valence-electron chi connectivity index (χ2n) is 12.3. The topological polar surface area (TPSA) is 0 Å². The summed E-state index contributed by atoms with van der Waals surface area (Å²) in [6.07, 6.45) is 17.0. The van der Waals surface area contributed by atoms with Gasteiger partial charge in [0.1, 0.15) is 0 Å². The summed E-state index contributed by atoms with van der Waals surface area (Å²) in [5.74, 6) is 1.87. The first kappa shape index (κ1) is 35.5. The van der Waals surface area contributed by atoms with Crippen molar-refractivity contribution < 1.29 is 48.1 Å². The number of fused-ring (bicyclic) bond motifs is 2. The van der Waals surface area contributed by atoms with Crippen LogP contribution in [0.1, 0.15) is 86.5 Å². The van der Waals surface area contributed by atoms with Gasteiger partial charge in [0, 0.05) is 0 Å². The number of aryl methyl sites for hydroxylation is 2. The van der Waals surface area contributed by atoms with E-state index < -0.39 is 0 Å². The Bertz CT molecular complexity index is 1210. The quantitative estimate of drug-likeness (QED) is 0.217. The van der Waals surface area contributed by atoms with Crippen molar-refractivity contribution in [3.8, 4) is 0 Å². The Morgan fingerprint density at radius 2 is 1.00 bits per heavy atom. The number of hydrogen-bond donors (Lipinski definition) is 0. The monoisotopic (exact) mass is 668 g/mol. The molecule has 4 heteroatoms. The summed E-state index contributed by atoms with van der Waals surface area (Å²) in [6, 6.07) is 22.9. The van der Waals surface area contributed by atoms with Crippen molar-refractivity contribution in [2.75, 3.05) is 0 Å². The smallest absolute Gasteiger partial charge is 0.0340 e. The molecular formula is C36H48Cl2SiZr-2. The maximum Gasteiger partial charge on any atom is -0.0340 e. The summed E-state index contributed by atoms with van der Waals surface area (Å²) in [7, 11) is 0.